The number of benzene rings is 2. The summed E-state index contributed by atoms with van der Waals surface area (Å²) in [5, 5.41) is 11.0. The topological polar surface area (TPSA) is 62.7 Å². The Labute approximate surface area is 202 Å². The summed E-state index contributed by atoms with van der Waals surface area (Å²) in [6, 6.07) is 9.82. The second-order valence-electron chi connectivity index (χ2n) is 8.47. The molecule has 1 unspecified atom stereocenters. The van der Waals surface area contributed by atoms with Gasteiger partial charge in [-0.3, -0.25) is 4.79 Å². The largest absolute Gasteiger partial charge is 0.481 e. The van der Waals surface area contributed by atoms with Crippen molar-refractivity contribution in [2.75, 3.05) is 20.2 Å². The summed E-state index contributed by atoms with van der Waals surface area (Å²) in [5.41, 5.74) is -3.66. The van der Waals surface area contributed by atoms with E-state index in [1.807, 2.05) is 0 Å². The van der Waals surface area contributed by atoms with Crippen LogP contribution in [0.3, 0.4) is 0 Å². The molecular formula is C25H20F6N2O3. The van der Waals surface area contributed by atoms with Crippen LogP contribution in [-0.2, 0) is 18.0 Å². The van der Waals surface area contributed by atoms with Crippen molar-refractivity contribution in [2.45, 2.75) is 24.4 Å². The van der Waals surface area contributed by atoms with E-state index in [1.54, 1.807) is 12.1 Å². The first-order chi connectivity index (χ1) is 16.8. The number of β-amino-alcohol motifs (C(OH)–C–C–N with tert-alkyl or cyclic N) is 1. The Bertz CT molecular complexity index is 1220. The highest BCUT2D eigenvalue weighted by Crippen LogP contribution is 2.39. The molecule has 1 saturated heterocycles. The number of pyridine rings is 1. The molecular weight excluding hydrogens is 490 g/mol. The molecule has 0 saturated carbocycles. The van der Waals surface area contributed by atoms with Gasteiger partial charge < -0.3 is 14.7 Å². The summed E-state index contributed by atoms with van der Waals surface area (Å²) >= 11 is 0. The maximum Gasteiger partial charge on any atom is 0.416 e. The van der Waals surface area contributed by atoms with E-state index < -0.39 is 35.0 Å². The van der Waals surface area contributed by atoms with Gasteiger partial charge >= 0.3 is 12.4 Å². The van der Waals surface area contributed by atoms with Crippen molar-refractivity contribution in [3.63, 3.8) is 0 Å². The normalized spacial score (nSPS) is 18.4. The van der Waals surface area contributed by atoms with Crippen LogP contribution in [0.25, 0.3) is 11.1 Å². The number of halogens is 6. The lowest BCUT2D eigenvalue weighted by molar-refractivity contribution is -0.143. The third-order valence-electron chi connectivity index (χ3n) is 6.07. The Morgan fingerprint density at radius 2 is 1.56 bits per heavy atom. The lowest BCUT2D eigenvalue weighted by Gasteiger charge is -2.24. The van der Waals surface area contributed by atoms with Gasteiger partial charge in [0, 0.05) is 29.9 Å². The zero-order valence-corrected chi connectivity index (χ0v) is 18.8. The van der Waals surface area contributed by atoms with Gasteiger partial charge in [0.05, 0.1) is 24.8 Å². The summed E-state index contributed by atoms with van der Waals surface area (Å²) in [5.74, 6) is -0.0598. The summed E-state index contributed by atoms with van der Waals surface area (Å²) in [4.78, 5) is 18.5. The number of nitrogens with zero attached hydrogens (tertiary/aromatic N) is 2. The van der Waals surface area contributed by atoms with Gasteiger partial charge in [-0.1, -0.05) is 12.1 Å². The zero-order chi connectivity index (χ0) is 26.3. The summed E-state index contributed by atoms with van der Waals surface area (Å²) in [6.07, 6.45) is -8.20. The van der Waals surface area contributed by atoms with Gasteiger partial charge in [0.2, 0.25) is 5.88 Å². The van der Waals surface area contributed by atoms with Crippen molar-refractivity contribution >= 4 is 5.91 Å². The van der Waals surface area contributed by atoms with Crippen LogP contribution >= 0.6 is 0 Å². The van der Waals surface area contributed by atoms with Crippen LogP contribution in [0.1, 0.15) is 33.5 Å². The van der Waals surface area contributed by atoms with Crippen molar-refractivity contribution in [1.82, 2.24) is 9.88 Å². The number of aromatic nitrogens is 1. The van der Waals surface area contributed by atoms with E-state index in [9.17, 15) is 36.2 Å². The van der Waals surface area contributed by atoms with E-state index in [1.165, 1.54) is 42.5 Å². The zero-order valence-electron chi connectivity index (χ0n) is 18.8. The number of ether oxygens (including phenoxy) is 1. The van der Waals surface area contributed by atoms with E-state index in [0.717, 1.165) is 0 Å². The third-order valence-corrected chi connectivity index (χ3v) is 6.07. The Kier molecular flexibility index (Phi) is 6.46. The molecule has 2 heterocycles. The Morgan fingerprint density at radius 1 is 0.944 bits per heavy atom. The van der Waals surface area contributed by atoms with Crippen molar-refractivity contribution in [1.29, 1.82) is 0 Å². The van der Waals surface area contributed by atoms with Crippen LogP contribution < -0.4 is 4.74 Å². The van der Waals surface area contributed by atoms with Crippen LogP contribution in [0.4, 0.5) is 26.3 Å². The predicted octanol–water partition coefficient (Wildman–Crippen LogP) is 5.53. The molecule has 1 fully saturated rings. The SMILES string of the molecule is COc1ccc(C2(O)CCN(C(=O)c3ccc(-c4cc(C(F)(F)F)cc(C(F)(F)F)c4)cc3)C2)cn1. The lowest BCUT2D eigenvalue weighted by atomic mass is 9.95. The molecule has 0 aliphatic carbocycles. The summed E-state index contributed by atoms with van der Waals surface area (Å²) < 4.78 is 84.0. The quantitative estimate of drug-likeness (QED) is 0.469. The molecule has 3 aromatic rings. The molecule has 0 bridgehead atoms. The molecule has 190 valence electrons. The average Bonchev–Trinajstić information content (AvgIpc) is 3.25. The second kappa shape index (κ2) is 9.12. The monoisotopic (exact) mass is 510 g/mol. The Balaban J connectivity index is 1.55. The fourth-order valence-corrected chi connectivity index (χ4v) is 4.09. The number of hydrogen-bond donors (Lipinski definition) is 1. The third kappa shape index (κ3) is 5.15. The fourth-order valence-electron chi connectivity index (χ4n) is 4.09. The number of aliphatic hydroxyl groups is 1. The van der Waals surface area contributed by atoms with Crippen molar-refractivity contribution in [3.8, 4) is 17.0 Å². The number of rotatable bonds is 4. The van der Waals surface area contributed by atoms with Gasteiger partial charge in [-0.25, -0.2) is 4.98 Å². The first-order valence-electron chi connectivity index (χ1n) is 10.7. The smallest absolute Gasteiger partial charge is 0.416 e. The van der Waals surface area contributed by atoms with Gasteiger partial charge in [0.25, 0.3) is 5.91 Å². The molecule has 1 aromatic heterocycles. The molecule has 1 aliphatic rings. The van der Waals surface area contributed by atoms with Crippen LogP contribution in [0.15, 0.2) is 60.8 Å². The van der Waals surface area contributed by atoms with Crippen LogP contribution in [0.5, 0.6) is 5.88 Å². The number of carbonyl (C=O) groups excluding carboxylic acids is 1. The first-order valence-corrected chi connectivity index (χ1v) is 10.7. The molecule has 2 aromatic carbocycles. The molecule has 5 nitrogen and oxygen atoms in total. The molecule has 11 heteroatoms. The molecule has 36 heavy (non-hydrogen) atoms. The highest BCUT2D eigenvalue weighted by molar-refractivity contribution is 5.95. The minimum Gasteiger partial charge on any atom is -0.481 e. The lowest BCUT2D eigenvalue weighted by Crippen LogP contribution is -2.34. The number of amides is 1. The van der Waals surface area contributed by atoms with Crippen molar-refractivity contribution in [2.24, 2.45) is 0 Å². The number of methoxy groups -OCH3 is 1. The molecule has 1 atom stereocenters. The predicted molar refractivity (Wildman–Crippen MR) is 117 cm³/mol. The molecule has 4 rings (SSSR count). The van der Waals surface area contributed by atoms with Crippen LogP contribution in [0.2, 0.25) is 0 Å². The minimum absolute atomic E-state index is 0.00976. The molecule has 1 aliphatic heterocycles. The highest BCUT2D eigenvalue weighted by Gasteiger charge is 2.40. The van der Waals surface area contributed by atoms with Gasteiger partial charge in [0.1, 0.15) is 5.60 Å². The van der Waals surface area contributed by atoms with Gasteiger partial charge in [-0.2, -0.15) is 26.3 Å². The molecule has 0 spiro atoms. The van der Waals surface area contributed by atoms with Gasteiger partial charge in [-0.15, -0.1) is 0 Å². The maximum atomic E-state index is 13.2. The Hall–Kier alpha value is -3.60. The van der Waals surface area contributed by atoms with E-state index in [4.69, 9.17) is 4.74 Å². The Morgan fingerprint density at radius 3 is 2.06 bits per heavy atom. The van der Waals surface area contributed by atoms with Gasteiger partial charge in [-0.05, 0) is 53.9 Å². The fraction of sp³-hybridized carbons (Fsp3) is 0.280. The standard InChI is InChI=1S/C25H20F6N2O3/c1-36-21-7-6-18(13-32-21)23(35)8-9-33(14-23)22(34)16-4-2-15(3-5-16)17-10-19(24(26,27)28)12-20(11-17)25(29,30)31/h2-7,10-13,35H,8-9,14H2,1H3. The van der Waals surface area contributed by atoms with Crippen molar-refractivity contribution < 1.29 is 41.0 Å². The van der Waals surface area contributed by atoms with E-state index in [-0.39, 0.29) is 42.3 Å². The number of alkyl halides is 6. The molecule has 1 amide bonds. The maximum absolute atomic E-state index is 13.2. The number of hydrogen-bond acceptors (Lipinski definition) is 4. The highest BCUT2D eigenvalue weighted by atomic mass is 19.4. The summed E-state index contributed by atoms with van der Waals surface area (Å²) in [7, 11) is 1.46. The van der Waals surface area contributed by atoms with E-state index >= 15 is 0 Å². The first kappa shape index (κ1) is 25.5. The molecule has 0 radical (unpaired) electrons. The van der Waals surface area contributed by atoms with Crippen molar-refractivity contribution in [3.05, 3.63) is 83.0 Å². The van der Waals surface area contributed by atoms with E-state index in [0.29, 0.717) is 23.6 Å². The summed E-state index contributed by atoms with van der Waals surface area (Å²) in [6.45, 7) is 0.232. The average molecular weight is 510 g/mol. The van der Waals surface area contributed by atoms with Gasteiger partial charge in [0.15, 0.2) is 0 Å². The number of likely N-dealkylation sites (tertiary alicyclic amines) is 1. The second-order valence-corrected chi connectivity index (χ2v) is 8.47. The number of carbonyl (C=O) groups is 1. The minimum atomic E-state index is -4.96. The molecule has 1 N–H and O–H groups in total. The van der Waals surface area contributed by atoms with E-state index in [2.05, 4.69) is 4.98 Å². The van der Waals surface area contributed by atoms with Crippen LogP contribution in [-0.4, -0.2) is 41.1 Å². The van der Waals surface area contributed by atoms with Crippen LogP contribution in [0, 0.1) is 0 Å².